The summed E-state index contributed by atoms with van der Waals surface area (Å²) in [7, 11) is 1.46. The van der Waals surface area contributed by atoms with E-state index in [2.05, 4.69) is 5.32 Å². The highest BCUT2D eigenvalue weighted by atomic mass is 19.1. The summed E-state index contributed by atoms with van der Waals surface area (Å²) in [4.78, 5) is 52.2. The second kappa shape index (κ2) is 8.86. The van der Waals surface area contributed by atoms with Gasteiger partial charge in [-0.25, -0.2) is 4.39 Å². The molecule has 156 valence electrons. The van der Waals surface area contributed by atoms with Gasteiger partial charge in [0.15, 0.2) is 0 Å². The molecule has 0 saturated carbocycles. The van der Waals surface area contributed by atoms with Crippen molar-refractivity contribution in [2.75, 3.05) is 25.5 Å². The van der Waals surface area contributed by atoms with E-state index in [1.54, 1.807) is 0 Å². The number of unbranched alkanes of at least 4 members (excludes halogenated alkanes) is 1. The number of hydrogen-bond donors (Lipinski definition) is 1. The van der Waals surface area contributed by atoms with Crippen LogP contribution in [-0.2, 0) is 4.79 Å². The van der Waals surface area contributed by atoms with E-state index in [1.807, 2.05) is 6.92 Å². The Hall–Kier alpha value is -3.55. The van der Waals surface area contributed by atoms with Gasteiger partial charge in [-0.3, -0.25) is 24.1 Å². The molecule has 0 unspecified atom stereocenters. The van der Waals surface area contributed by atoms with Crippen molar-refractivity contribution >= 4 is 29.3 Å². The van der Waals surface area contributed by atoms with Crippen molar-refractivity contribution in [3.63, 3.8) is 0 Å². The number of likely N-dealkylation sites (N-methyl/N-ethyl adjacent to an activating group) is 1. The SMILES string of the molecule is CCCCN1C(=O)c2ccc(C(=O)N(C)CC(=O)Nc3ccc(F)cc3)cc2C1=O. The molecule has 0 bridgehead atoms. The van der Waals surface area contributed by atoms with Crippen LogP contribution in [0.2, 0.25) is 0 Å². The fourth-order valence-electron chi connectivity index (χ4n) is 3.18. The van der Waals surface area contributed by atoms with Crippen LogP contribution in [0, 0.1) is 5.82 Å². The normalized spacial score (nSPS) is 12.7. The summed E-state index contributed by atoms with van der Waals surface area (Å²) in [5, 5.41) is 2.58. The Morgan fingerprint density at radius 1 is 1.03 bits per heavy atom. The third kappa shape index (κ3) is 4.37. The first-order valence-electron chi connectivity index (χ1n) is 9.63. The quantitative estimate of drug-likeness (QED) is 0.710. The minimum absolute atomic E-state index is 0.200. The number of benzene rings is 2. The minimum atomic E-state index is -0.459. The standard InChI is InChI=1S/C22H22FN3O4/c1-3-4-11-26-21(29)17-10-5-14(12-18(17)22(26)30)20(28)25(2)13-19(27)24-16-8-6-15(23)7-9-16/h5-10,12H,3-4,11,13H2,1-2H3,(H,24,27). The summed E-state index contributed by atoms with van der Waals surface area (Å²) in [5.41, 5.74) is 1.11. The van der Waals surface area contributed by atoms with Crippen molar-refractivity contribution in [3.8, 4) is 0 Å². The molecule has 1 heterocycles. The number of anilines is 1. The number of imide groups is 1. The van der Waals surface area contributed by atoms with Crippen LogP contribution in [0.5, 0.6) is 0 Å². The molecule has 0 radical (unpaired) electrons. The minimum Gasteiger partial charge on any atom is -0.332 e. The molecule has 1 aliphatic heterocycles. The fourth-order valence-corrected chi connectivity index (χ4v) is 3.18. The molecule has 7 nitrogen and oxygen atoms in total. The van der Waals surface area contributed by atoms with Crippen LogP contribution in [0.3, 0.4) is 0 Å². The molecule has 0 fully saturated rings. The maximum absolute atomic E-state index is 12.9. The van der Waals surface area contributed by atoms with Crippen molar-refractivity contribution in [3.05, 3.63) is 65.0 Å². The third-order valence-corrected chi connectivity index (χ3v) is 4.81. The number of rotatable bonds is 7. The summed E-state index contributed by atoms with van der Waals surface area (Å²) in [6.07, 6.45) is 1.56. The summed E-state index contributed by atoms with van der Waals surface area (Å²) < 4.78 is 12.9. The second-order valence-corrected chi connectivity index (χ2v) is 7.09. The van der Waals surface area contributed by atoms with Crippen molar-refractivity contribution < 1.29 is 23.6 Å². The summed E-state index contributed by atoms with van der Waals surface area (Å²) in [6.45, 7) is 2.08. The lowest BCUT2D eigenvalue weighted by Gasteiger charge is -2.17. The van der Waals surface area contributed by atoms with Gasteiger partial charge in [0.2, 0.25) is 5.91 Å². The Morgan fingerprint density at radius 2 is 1.70 bits per heavy atom. The number of halogens is 1. The Balaban J connectivity index is 1.68. The third-order valence-electron chi connectivity index (χ3n) is 4.81. The first-order valence-corrected chi connectivity index (χ1v) is 9.63. The fraction of sp³-hybridized carbons (Fsp3) is 0.273. The van der Waals surface area contributed by atoms with E-state index in [1.165, 1.54) is 59.3 Å². The predicted octanol–water partition coefficient (Wildman–Crippen LogP) is 2.93. The van der Waals surface area contributed by atoms with Crippen molar-refractivity contribution in [1.82, 2.24) is 9.80 Å². The van der Waals surface area contributed by atoms with Crippen LogP contribution in [0.1, 0.15) is 50.8 Å². The van der Waals surface area contributed by atoms with Gasteiger partial charge in [-0.15, -0.1) is 0 Å². The maximum atomic E-state index is 12.9. The van der Waals surface area contributed by atoms with Gasteiger partial charge < -0.3 is 10.2 Å². The lowest BCUT2D eigenvalue weighted by Crippen LogP contribution is -2.35. The number of nitrogens with one attached hydrogen (secondary N) is 1. The monoisotopic (exact) mass is 411 g/mol. The lowest BCUT2D eigenvalue weighted by molar-refractivity contribution is -0.116. The molecule has 0 aromatic heterocycles. The molecule has 2 aromatic rings. The number of fused-ring (bicyclic) bond motifs is 1. The first kappa shape index (κ1) is 21.2. The molecular weight excluding hydrogens is 389 g/mol. The van der Waals surface area contributed by atoms with E-state index in [4.69, 9.17) is 0 Å². The van der Waals surface area contributed by atoms with E-state index in [0.717, 1.165) is 6.42 Å². The Morgan fingerprint density at radius 3 is 2.37 bits per heavy atom. The Labute approximate surface area is 173 Å². The molecule has 8 heteroatoms. The van der Waals surface area contributed by atoms with Crippen LogP contribution in [0.4, 0.5) is 10.1 Å². The highest BCUT2D eigenvalue weighted by Crippen LogP contribution is 2.25. The van der Waals surface area contributed by atoms with Gasteiger partial charge in [0, 0.05) is 24.8 Å². The van der Waals surface area contributed by atoms with Gasteiger partial charge in [0.1, 0.15) is 5.82 Å². The molecule has 4 amide bonds. The highest BCUT2D eigenvalue weighted by Gasteiger charge is 2.35. The zero-order chi connectivity index (χ0) is 21.8. The van der Waals surface area contributed by atoms with Crippen LogP contribution in [-0.4, -0.2) is 53.6 Å². The van der Waals surface area contributed by atoms with Crippen LogP contribution in [0.25, 0.3) is 0 Å². The molecule has 0 aliphatic carbocycles. The molecule has 1 aliphatic rings. The number of amides is 4. The zero-order valence-electron chi connectivity index (χ0n) is 16.8. The predicted molar refractivity (Wildman–Crippen MR) is 109 cm³/mol. The summed E-state index contributed by atoms with van der Waals surface area (Å²) in [6, 6.07) is 9.63. The summed E-state index contributed by atoms with van der Waals surface area (Å²) in [5.74, 6) is -2.09. The molecule has 0 spiro atoms. The molecule has 30 heavy (non-hydrogen) atoms. The topological polar surface area (TPSA) is 86.8 Å². The molecule has 3 rings (SSSR count). The zero-order valence-corrected chi connectivity index (χ0v) is 16.8. The number of carbonyl (C=O) groups excluding carboxylic acids is 4. The molecule has 2 aromatic carbocycles. The van der Waals surface area contributed by atoms with Gasteiger partial charge in [0.25, 0.3) is 17.7 Å². The summed E-state index contributed by atoms with van der Waals surface area (Å²) >= 11 is 0. The largest absolute Gasteiger partial charge is 0.332 e. The molecule has 0 saturated heterocycles. The first-order chi connectivity index (χ1) is 14.3. The molecule has 0 atom stereocenters. The van der Waals surface area contributed by atoms with Crippen molar-refractivity contribution in [2.45, 2.75) is 19.8 Å². The Bertz CT molecular complexity index is 1000. The number of hydrogen-bond acceptors (Lipinski definition) is 4. The maximum Gasteiger partial charge on any atom is 0.261 e. The van der Waals surface area contributed by atoms with Crippen LogP contribution >= 0.6 is 0 Å². The van der Waals surface area contributed by atoms with Crippen LogP contribution < -0.4 is 5.32 Å². The van der Waals surface area contributed by atoms with Crippen molar-refractivity contribution in [1.29, 1.82) is 0 Å². The average molecular weight is 411 g/mol. The average Bonchev–Trinajstić information content (AvgIpc) is 2.97. The number of nitrogens with zero attached hydrogens (tertiary/aromatic N) is 2. The van der Waals surface area contributed by atoms with Gasteiger partial charge >= 0.3 is 0 Å². The van der Waals surface area contributed by atoms with E-state index < -0.39 is 23.5 Å². The Kier molecular flexibility index (Phi) is 6.25. The van der Waals surface area contributed by atoms with E-state index >= 15 is 0 Å². The van der Waals surface area contributed by atoms with E-state index in [9.17, 15) is 23.6 Å². The van der Waals surface area contributed by atoms with Gasteiger partial charge in [-0.2, -0.15) is 0 Å². The van der Waals surface area contributed by atoms with Crippen molar-refractivity contribution in [2.24, 2.45) is 0 Å². The van der Waals surface area contributed by atoms with Crippen LogP contribution in [0.15, 0.2) is 42.5 Å². The van der Waals surface area contributed by atoms with Gasteiger partial charge in [-0.05, 0) is 48.9 Å². The van der Waals surface area contributed by atoms with Gasteiger partial charge in [0.05, 0.1) is 17.7 Å². The van der Waals surface area contributed by atoms with E-state index in [-0.39, 0.29) is 29.1 Å². The van der Waals surface area contributed by atoms with E-state index in [0.29, 0.717) is 18.7 Å². The molecular formula is C22H22FN3O4. The smallest absolute Gasteiger partial charge is 0.261 e. The number of carbonyl (C=O) groups is 4. The lowest BCUT2D eigenvalue weighted by atomic mass is 10.0. The van der Waals surface area contributed by atoms with Gasteiger partial charge in [-0.1, -0.05) is 13.3 Å². The second-order valence-electron chi connectivity index (χ2n) is 7.09. The molecule has 1 N–H and O–H groups in total. The highest BCUT2D eigenvalue weighted by molar-refractivity contribution is 6.22.